The van der Waals surface area contributed by atoms with Crippen LogP contribution in [0.4, 0.5) is 5.82 Å². The van der Waals surface area contributed by atoms with Crippen LogP contribution in [0.2, 0.25) is 0 Å². The summed E-state index contributed by atoms with van der Waals surface area (Å²) in [6, 6.07) is 6.42. The van der Waals surface area contributed by atoms with Crippen LogP contribution in [0.1, 0.15) is 23.1 Å². The zero-order valence-corrected chi connectivity index (χ0v) is 15.2. The first-order valence-corrected chi connectivity index (χ1v) is 8.45. The standard InChI is InChI=1S/C18H17N3O7/c1-3-26-14-6-4-5-12-9-13(18(23)28-16(12)14)17(22)27-8-7-20-11(2)19-10-15(20)21(24)25/h4-6,9-10H,3,7-8H2,1-2H3. The first-order chi connectivity index (χ1) is 13.4. The van der Waals surface area contributed by atoms with Crippen LogP contribution in [-0.2, 0) is 11.3 Å². The van der Waals surface area contributed by atoms with Gasteiger partial charge in [0.15, 0.2) is 17.2 Å². The molecule has 0 amide bonds. The van der Waals surface area contributed by atoms with Crippen molar-refractivity contribution in [2.75, 3.05) is 13.2 Å². The number of para-hydroxylation sites is 1. The third-order valence-electron chi connectivity index (χ3n) is 4.01. The number of rotatable bonds is 7. The Bertz CT molecular complexity index is 1100. The molecular weight excluding hydrogens is 370 g/mol. The van der Waals surface area contributed by atoms with E-state index >= 15 is 0 Å². The number of imidazole rings is 1. The van der Waals surface area contributed by atoms with Crippen molar-refractivity contribution in [3.8, 4) is 5.75 Å². The highest BCUT2D eigenvalue weighted by molar-refractivity contribution is 5.94. The maximum Gasteiger partial charge on any atom is 0.351 e. The van der Waals surface area contributed by atoms with Crippen LogP contribution in [0.5, 0.6) is 5.75 Å². The van der Waals surface area contributed by atoms with Crippen LogP contribution >= 0.6 is 0 Å². The Balaban J connectivity index is 1.77. The lowest BCUT2D eigenvalue weighted by Crippen LogP contribution is -2.19. The Labute approximate surface area is 158 Å². The summed E-state index contributed by atoms with van der Waals surface area (Å²) in [6.07, 6.45) is 1.13. The number of aromatic nitrogens is 2. The molecule has 146 valence electrons. The van der Waals surface area contributed by atoms with Crippen LogP contribution in [-0.4, -0.2) is 33.7 Å². The molecular formula is C18H17N3O7. The molecule has 3 aromatic rings. The molecule has 0 fully saturated rings. The third-order valence-corrected chi connectivity index (χ3v) is 4.01. The van der Waals surface area contributed by atoms with Gasteiger partial charge < -0.3 is 24.0 Å². The summed E-state index contributed by atoms with van der Waals surface area (Å²) in [5.74, 6) is -0.267. The second-order valence-electron chi connectivity index (χ2n) is 5.76. The highest BCUT2D eigenvalue weighted by Gasteiger charge is 2.20. The fraction of sp³-hybridized carbons (Fsp3) is 0.278. The topological polar surface area (TPSA) is 127 Å². The fourth-order valence-electron chi connectivity index (χ4n) is 2.71. The second-order valence-corrected chi connectivity index (χ2v) is 5.76. The van der Waals surface area contributed by atoms with Crippen molar-refractivity contribution in [1.29, 1.82) is 0 Å². The van der Waals surface area contributed by atoms with Gasteiger partial charge in [0, 0.05) is 12.3 Å². The van der Waals surface area contributed by atoms with E-state index in [4.69, 9.17) is 13.9 Å². The molecule has 0 saturated carbocycles. The SMILES string of the molecule is CCOc1cccc2cc(C(=O)OCCn3c([N+](=O)[O-])cnc3C)c(=O)oc12. The van der Waals surface area contributed by atoms with Crippen molar-refractivity contribution in [1.82, 2.24) is 9.55 Å². The first kappa shape index (κ1) is 19.1. The predicted molar refractivity (Wildman–Crippen MR) is 97.6 cm³/mol. The maximum absolute atomic E-state index is 12.3. The van der Waals surface area contributed by atoms with E-state index in [2.05, 4.69) is 4.98 Å². The van der Waals surface area contributed by atoms with Crippen LogP contribution in [0.3, 0.4) is 0 Å². The van der Waals surface area contributed by atoms with E-state index in [-0.39, 0.29) is 30.1 Å². The van der Waals surface area contributed by atoms with Gasteiger partial charge in [-0.15, -0.1) is 0 Å². The molecule has 0 atom stereocenters. The van der Waals surface area contributed by atoms with Crippen molar-refractivity contribution in [2.24, 2.45) is 0 Å². The Morgan fingerprint density at radius 1 is 1.39 bits per heavy atom. The Kier molecular flexibility index (Phi) is 5.39. The fourth-order valence-corrected chi connectivity index (χ4v) is 2.71. The molecule has 3 rings (SSSR count). The molecule has 0 saturated heterocycles. The number of fused-ring (bicyclic) bond motifs is 1. The largest absolute Gasteiger partial charge is 0.490 e. The number of nitrogens with zero attached hydrogens (tertiary/aromatic N) is 3. The quantitative estimate of drug-likeness (QED) is 0.262. The van der Waals surface area contributed by atoms with Gasteiger partial charge in [-0.3, -0.25) is 0 Å². The van der Waals surface area contributed by atoms with Crippen LogP contribution in [0.15, 0.2) is 39.7 Å². The second kappa shape index (κ2) is 7.91. The number of aryl methyl sites for hydroxylation is 1. The van der Waals surface area contributed by atoms with Gasteiger partial charge in [0.05, 0.1) is 6.61 Å². The molecule has 0 aliphatic carbocycles. The molecule has 0 radical (unpaired) electrons. The van der Waals surface area contributed by atoms with E-state index in [1.165, 1.54) is 10.6 Å². The van der Waals surface area contributed by atoms with Gasteiger partial charge in [-0.2, -0.15) is 0 Å². The first-order valence-electron chi connectivity index (χ1n) is 8.45. The summed E-state index contributed by atoms with van der Waals surface area (Å²) in [4.78, 5) is 38.7. The molecule has 28 heavy (non-hydrogen) atoms. The van der Waals surface area contributed by atoms with Gasteiger partial charge in [0.2, 0.25) is 0 Å². The lowest BCUT2D eigenvalue weighted by Gasteiger charge is -2.08. The molecule has 2 aromatic heterocycles. The number of hydrogen-bond acceptors (Lipinski definition) is 8. The monoisotopic (exact) mass is 387 g/mol. The number of ether oxygens (including phenoxy) is 2. The predicted octanol–water partition coefficient (Wildman–Crippen LogP) is 2.46. The number of nitro groups is 1. The number of carbonyl (C=O) groups excluding carboxylic acids is 1. The number of benzene rings is 1. The molecule has 0 spiro atoms. The minimum absolute atomic E-state index is 0.0291. The summed E-state index contributed by atoms with van der Waals surface area (Å²) >= 11 is 0. The highest BCUT2D eigenvalue weighted by atomic mass is 16.6. The van der Waals surface area contributed by atoms with Gasteiger partial charge >= 0.3 is 17.4 Å². The average molecular weight is 387 g/mol. The summed E-state index contributed by atoms with van der Waals surface area (Å²) in [5.41, 5.74) is -0.872. The molecule has 10 nitrogen and oxygen atoms in total. The molecule has 0 bridgehead atoms. The van der Waals surface area contributed by atoms with Gasteiger partial charge in [0.1, 0.15) is 24.9 Å². The number of hydrogen-bond donors (Lipinski definition) is 0. The van der Waals surface area contributed by atoms with Crippen molar-refractivity contribution in [2.45, 2.75) is 20.4 Å². The highest BCUT2D eigenvalue weighted by Crippen LogP contribution is 2.25. The van der Waals surface area contributed by atoms with Crippen molar-refractivity contribution < 1.29 is 23.6 Å². The number of esters is 1. The Morgan fingerprint density at radius 2 is 2.18 bits per heavy atom. The van der Waals surface area contributed by atoms with E-state index in [9.17, 15) is 19.7 Å². The van der Waals surface area contributed by atoms with Gasteiger partial charge in [0.25, 0.3) is 0 Å². The van der Waals surface area contributed by atoms with Crippen molar-refractivity contribution in [3.05, 3.63) is 62.4 Å². The zero-order valence-electron chi connectivity index (χ0n) is 15.2. The molecule has 0 aliphatic heterocycles. The summed E-state index contributed by atoms with van der Waals surface area (Å²) in [5, 5.41) is 11.5. The van der Waals surface area contributed by atoms with Crippen molar-refractivity contribution >= 4 is 22.8 Å². The third kappa shape index (κ3) is 3.70. The summed E-state index contributed by atoms with van der Waals surface area (Å²) in [6.45, 7) is 3.65. The molecule has 0 unspecified atom stereocenters. The lowest BCUT2D eigenvalue weighted by atomic mass is 10.2. The minimum atomic E-state index is -0.877. The maximum atomic E-state index is 12.3. The van der Waals surface area contributed by atoms with E-state index in [1.807, 2.05) is 0 Å². The van der Waals surface area contributed by atoms with E-state index in [0.717, 1.165) is 6.20 Å². The van der Waals surface area contributed by atoms with Crippen LogP contribution in [0, 0.1) is 17.0 Å². The molecule has 2 heterocycles. The smallest absolute Gasteiger partial charge is 0.351 e. The average Bonchev–Trinajstić information content (AvgIpc) is 3.03. The molecule has 10 heteroatoms. The van der Waals surface area contributed by atoms with Gasteiger partial charge in [-0.25, -0.2) is 19.1 Å². The molecule has 0 aliphatic rings. The van der Waals surface area contributed by atoms with Gasteiger partial charge in [-0.05, 0) is 24.0 Å². The summed E-state index contributed by atoms with van der Waals surface area (Å²) < 4.78 is 17.1. The molecule has 0 N–H and O–H groups in total. The Hall–Kier alpha value is -3.69. The van der Waals surface area contributed by atoms with Gasteiger partial charge in [-0.1, -0.05) is 12.1 Å². The van der Waals surface area contributed by atoms with E-state index in [0.29, 0.717) is 23.6 Å². The Morgan fingerprint density at radius 3 is 2.89 bits per heavy atom. The van der Waals surface area contributed by atoms with Crippen LogP contribution in [0.25, 0.3) is 11.0 Å². The summed E-state index contributed by atoms with van der Waals surface area (Å²) in [7, 11) is 0. The van der Waals surface area contributed by atoms with E-state index < -0.39 is 16.5 Å². The lowest BCUT2D eigenvalue weighted by molar-refractivity contribution is -0.392. The minimum Gasteiger partial charge on any atom is -0.490 e. The van der Waals surface area contributed by atoms with E-state index in [1.54, 1.807) is 32.0 Å². The molecule has 1 aromatic carbocycles. The normalized spacial score (nSPS) is 10.8. The number of carbonyl (C=O) groups is 1. The van der Waals surface area contributed by atoms with Crippen molar-refractivity contribution in [3.63, 3.8) is 0 Å². The zero-order chi connectivity index (χ0) is 20.3. The van der Waals surface area contributed by atoms with Crippen LogP contribution < -0.4 is 10.4 Å².